The summed E-state index contributed by atoms with van der Waals surface area (Å²) in [7, 11) is 0. The summed E-state index contributed by atoms with van der Waals surface area (Å²) >= 11 is 0. The minimum atomic E-state index is -0.653. The molecule has 172 valence electrons. The van der Waals surface area contributed by atoms with Gasteiger partial charge in [0.1, 0.15) is 17.9 Å². The summed E-state index contributed by atoms with van der Waals surface area (Å²) in [6.45, 7) is 9.25. The molecule has 8 nitrogen and oxygen atoms in total. The molecule has 0 aliphatic carbocycles. The van der Waals surface area contributed by atoms with Crippen LogP contribution in [0.15, 0.2) is 42.5 Å². The van der Waals surface area contributed by atoms with Gasteiger partial charge in [0, 0.05) is 12.2 Å². The number of rotatable bonds is 8. The number of carbonyl (C=O) groups is 3. The lowest BCUT2D eigenvalue weighted by molar-refractivity contribution is -0.123. The quantitative estimate of drug-likeness (QED) is 0.582. The minimum Gasteiger partial charge on any atom is -0.483 e. The van der Waals surface area contributed by atoms with E-state index in [9.17, 15) is 14.4 Å². The minimum absolute atomic E-state index is 0.0664. The lowest BCUT2D eigenvalue weighted by atomic mass is 10.1. The smallest absolute Gasteiger partial charge is 0.408 e. The van der Waals surface area contributed by atoms with E-state index >= 15 is 0 Å². The van der Waals surface area contributed by atoms with Gasteiger partial charge in [-0.2, -0.15) is 0 Å². The summed E-state index contributed by atoms with van der Waals surface area (Å²) in [5.74, 6) is 0.0957. The van der Waals surface area contributed by atoms with Crippen molar-refractivity contribution in [2.45, 2.75) is 46.8 Å². The van der Waals surface area contributed by atoms with Crippen LogP contribution in [0.25, 0.3) is 0 Å². The number of carbonyl (C=O) groups excluding carboxylic acids is 3. The molecule has 0 bridgehead atoms. The van der Waals surface area contributed by atoms with Crippen LogP contribution in [0.5, 0.6) is 5.75 Å². The molecule has 0 saturated heterocycles. The Morgan fingerprint density at radius 2 is 1.59 bits per heavy atom. The van der Waals surface area contributed by atoms with E-state index in [0.717, 1.165) is 16.7 Å². The molecule has 3 N–H and O–H groups in total. The van der Waals surface area contributed by atoms with Crippen LogP contribution in [0.4, 0.5) is 10.5 Å². The molecule has 0 aromatic heterocycles. The average molecular weight is 442 g/mol. The number of benzene rings is 2. The molecule has 2 aromatic rings. The van der Waals surface area contributed by atoms with E-state index in [0.29, 0.717) is 18.0 Å². The normalized spacial score (nSPS) is 10.8. The number of ether oxygens (including phenoxy) is 2. The second kappa shape index (κ2) is 11.2. The molecule has 0 aliphatic rings. The van der Waals surface area contributed by atoms with E-state index in [1.54, 1.807) is 45.0 Å². The van der Waals surface area contributed by atoms with Gasteiger partial charge in [0.15, 0.2) is 6.61 Å². The third-order valence-corrected chi connectivity index (χ3v) is 4.43. The fourth-order valence-corrected chi connectivity index (χ4v) is 2.65. The zero-order valence-electron chi connectivity index (χ0n) is 19.2. The Bertz CT molecular complexity index is 949. The van der Waals surface area contributed by atoms with E-state index in [1.165, 1.54) is 0 Å². The molecule has 0 heterocycles. The largest absolute Gasteiger partial charge is 0.483 e. The average Bonchev–Trinajstić information content (AvgIpc) is 2.71. The molecule has 32 heavy (non-hydrogen) atoms. The first kappa shape index (κ1) is 24.7. The molecule has 2 rings (SSSR count). The maximum absolute atomic E-state index is 12.1. The molecule has 0 aliphatic heterocycles. The lowest BCUT2D eigenvalue weighted by Crippen LogP contribution is -2.37. The highest BCUT2D eigenvalue weighted by Crippen LogP contribution is 2.20. The van der Waals surface area contributed by atoms with Gasteiger partial charge in [0.25, 0.3) is 5.91 Å². The van der Waals surface area contributed by atoms with Crippen molar-refractivity contribution in [1.82, 2.24) is 10.6 Å². The summed E-state index contributed by atoms with van der Waals surface area (Å²) in [5.41, 5.74) is 2.94. The zero-order chi connectivity index (χ0) is 23.7. The van der Waals surface area contributed by atoms with Crippen LogP contribution in [-0.2, 0) is 20.9 Å². The topological polar surface area (TPSA) is 106 Å². The molecule has 0 spiro atoms. The lowest BCUT2D eigenvalue weighted by Gasteiger charge is -2.19. The third-order valence-electron chi connectivity index (χ3n) is 4.43. The molecule has 0 fully saturated rings. The Labute approximate surface area is 188 Å². The van der Waals surface area contributed by atoms with Crippen LogP contribution >= 0.6 is 0 Å². The van der Waals surface area contributed by atoms with Crippen LogP contribution < -0.4 is 20.7 Å². The summed E-state index contributed by atoms with van der Waals surface area (Å²) in [6.07, 6.45) is -0.653. The SMILES string of the molecule is Cc1cccc(OCC(=O)NCc2ccc(NC(=O)CNC(=O)OC(C)(C)C)cc2)c1C. The molecule has 3 amide bonds. The Morgan fingerprint density at radius 1 is 0.906 bits per heavy atom. The van der Waals surface area contributed by atoms with E-state index < -0.39 is 11.7 Å². The van der Waals surface area contributed by atoms with Crippen molar-refractivity contribution in [2.24, 2.45) is 0 Å². The number of hydrogen-bond acceptors (Lipinski definition) is 5. The molecule has 0 atom stereocenters. The Morgan fingerprint density at radius 3 is 2.25 bits per heavy atom. The predicted octanol–water partition coefficient (Wildman–Crippen LogP) is 3.46. The summed E-state index contributed by atoms with van der Waals surface area (Å²) in [5, 5.41) is 7.89. The monoisotopic (exact) mass is 441 g/mol. The molecular weight excluding hydrogens is 410 g/mol. The Balaban J connectivity index is 1.73. The highest BCUT2D eigenvalue weighted by atomic mass is 16.6. The van der Waals surface area contributed by atoms with Gasteiger partial charge in [-0.05, 0) is 69.5 Å². The summed E-state index contributed by atoms with van der Waals surface area (Å²) in [6, 6.07) is 12.8. The Kier molecular flexibility index (Phi) is 8.63. The van der Waals surface area contributed by atoms with E-state index in [-0.39, 0.29) is 25.0 Å². The highest BCUT2D eigenvalue weighted by molar-refractivity contribution is 5.93. The van der Waals surface area contributed by atoms with Gasteiger partial charge < -0.3 is 25.4 Å². The van der Waals surface area contributed by atoms with Gasteiger partial charge in [-0.3, -0.25) is 9.59 Å². The molecule has 0 saturated carbocycles. The van der Waals surface area contributed by atoms with Crippen LogP contribution in [0.3, 0.4) is 0 Å². The van der Waals surface area contributed by atoms with Crippen LogP contribution in [0.2, 0.25) is 0 Å². The van der Waals surface area contributed by atoms with Gasteiger partial charge in [-0.1, -0.05) is 24.3 Å². The van der Waals surface area contributed by atoms with Crippen molar-refractivity contribution < 1.29 is 23.9 Å². The number of nitrogens with one attached hydrogen (secondary N) is 3. The van der Waals surface area contributed by atoms with E-state index in [1.807, 2.05) is 32.0 Å². The van der Waals surface area contributed by atoms with Crippen LogP contribution in [0, 0.1) is 13.8 Å². The van der Waals surface area contributed by atoms with Gasteiger partial charge in [0.05, 0.1) is 0 Å². The van der Waals surface area contributed by atoms with Crippen molar-refractivity contribution >= 4 is 23.6 Å². The van der Waals surface area contributed by atoms with Gasteiger partial charge in [0.2, 0.25) is 5.91 Å². The van der Waals surface area contributed by atoms with Gasteiger partial charge >= 0.3 is 6.09 Å². The van der Waals surface area contributed by atoms with Crippen LogP contribution in [-0.4, -0.2) is 36.7 Å². The van der Waals surface area contributed by atoms with Gasteiger partial charge in [-0.15, -0.1) is 0 Å². The number of aryl methyl sites for hydroxylation is 1. The van der Waals surface area contributed by atoms with Crippen LogP contribution in [0.1, 0.15) is 37.5 Å². The highest BCUT2D eigenvalue weighted by Gasteiger charge is 2.16. The Hall–Kier alpha value is -3.55. The first-order valence-electron chi connectivity index (χ1n) is 10.3. The molecular formula is C24H31N3O5. The van der Waals surface area contributed by atoms with E-state index in [4.69, 9.17) is 9.47 Å². The molecule has 0 radical (unpaired) electrons. The number of anilines is 1. The van der Waals surface area contributed by atoms with Crippen molar-refractivity contribution in [3.63, 3.8) is 0 Å². The standard InChI is InChI=1S/C24H31N3O5/c1-16-7-6-8-20(17(16)2)31-15-22(29)25-13-18-9-11-19(12-10-18)27-21(28)14-26-23(30)32-24(3,4)5/h6-12H,13-15H2,1-5H3,(H,25,29)(H,26,30)(H,27,28). The predicted molar refractivity (Wildman–Crippen MR) is 123 cm³/mol. The molecule has 0 unspecified atom stereocenters. The third kappa shape index (κ3) is 8.67. The number of hydrogen-bond donors (Lipinski definition) is 3. The van der Waals surface area contributed by atoms with Gasteiger partial charge in [-0.25, -0.2) is 4.79 Å². The van der Waals surface area contributed by atoms with E-state index in [2.05, 4.69) is 16.0 Å². The first-order chi connectivity index (χ1) is 15.0. The second-order valence-electron chi connectivity index (χ2n) is 8.36. The summed E-state index contributed by atoms with van der Waals surface area (Å²) < 4.78 is 10.7. The first-order valence-corrected chi connectivity index (χ1v) is 10.3. The van der Waals surface area contributed by atoms with Crippen molar-refractivity contribution in [3.05, 3.63) is 59.2 Å². The second-order valence-corrected chi connectivity index (χ2v) is 8.36. The zero-order valence-corrected chi connectivity index (χ0v) is 19.2. The van der Waals surface area contributed by atoms with Crippen molar-refractivity contribution in [1.29, 1.82) is 0 Å². The number of amides is 3. The molecule has 2 aromatic carbocycles. The number of alkyl carbamates (subject to hydrolysis) is 1. The molecule has 8 heteroatoms. The fourth-order valence-electron chi connectivity index (χ4n) is 2.65. The maximum atomic E-state index is 12.1. The van der Waals surface area contributed by atoms with Crippen molar-refractivity contribution in [3.8, 4) is 5.75 Å². The fraction of sp³-hybridized carbons (Fsp3) is 0.375. The summed E-state index contributed by atoms with van der Waals surface area (Å²) in [4.78, 5) is 35.6. The van der Waals surface area contributed by atoms with Crippen molar-refractivity contribution in [2.75, 3.05) is 18.5 Å². The maximum Gasteiger partial charge on any atom is 0.408 e.